The van der Waals surface area contributed by atoms with E-state index in [-0.39, 0.29) is 18.2 Å². The molecule has 2 aromatic heterocycles. The van der Waals surface area contributed by atoms with Crippen molar-refractivity contribution in [1.29, 1.82) is 0 Å². The maximum atomic E-state index is 12.2. The molecule has 0 amide bonds. The minimum atomic E-state index is -4.74. The molecule has 30 heavy (non-hydrogen) atoms. The molecule has 0 atom stereocenters. The summed E-state index contributed by atoms with van der Waals surface area (Å²) in [6, 6.07) is 16.8. The van der Waals surface area contributed by atoms with Gasteiger partial charge in [-0.1, -0.05) is 17.3 Å². The zero-order valence-corrected chi connectivity index (χ0v) is 15.5. The Morgan fingerprint density at radius 3 is 2.53 bits per heavy atom. The average Bonchev–Trinajstić information content (AvgIpc) is 3.38. The van der Waals surface area contributed by atoms with Crippen molar-refractivity contribution in [1.82, 2.24) is 15.1 Å². The van der Waals surface area contributed by atoms with E-state index in [2.05, 4.69) is 19.9 Å². The largest absolute Gasteiger partial charge is 0.573 e. The first-order valence-corrected chi connectivity index (χ1v) is 8.97. The fourth-order valence-electron chi connectivity index (χ4n) is 2.82. The van der Waals surface area contributed by atoms with Crippen LogP contribution in [0.1, 0.15) is 17.1 Å². The molecule has 4 aromatic rings. The van der Waals surface area contributed by atoms with Crippen LogP contribution in [0.2, 0.25) is 0 Å². The van der Waals surface area contributed by atoms with Gasteiger partial charge in [-0.25, -0.2) is 0 Å². The molecule has 0 aliphatic heterocycles. The fourth-order valence-corrected chi connectivity index (χ4v) is 2.82. The predicted octanol–water partition coefficient (Wildman–Crippen LogP) is 5.13. The van der Waals surface area contributed by atoms with Gasteiger partial charge in [0.1, 0.15) is 11.5 Å². The Labute approximate surface area is 169 Å². The Bertz CT molecular complexity index is 1090. The molecular formula is C21H16F3N3O3. The van der Waals surface area contributed by atoms with Gasteiger partial charge in [-0.15, -0.1) is 13.2 Å². The minimum Gasteiger partial charge on any atom is -0.485 e. The van der Waals surface area contributed by atoms with E-state index in [4.69, 9.17) is 9.26 Å². The summed E-state index contributed by atoms with van der Waals surface area (Å²) in [7, 11) is 0. The average molecular weight is 415 g/mol. The summed E-state index contributed by atoms with van der Waals surface area (Å²) in [5.74, 6) is 0.829. The third-order valence-corrected chi connectivity index (χ3v) is 4.13. The zero-order chi connectivity index (χ0) is 21.0. The molecule has 6 nitrogen and oxygen atoms in total. The van der Waals surface area contributed by atoms with Crippen LogP contribution in [0.15, 0.2) is 71.4 Å². The van der Waals surface area contributed by atoms with E-state index in [9.17, 15) is 13.2 Å². The molecule has 0 radical (unpaired) electrons. The molecule has 0 unspecified atom stereocenters. The summed E-state index contributed by atoms with van der Waals surface area (Å²) >= 11 is 0. The number of hydrogen-bond acceptors (Lipinski definition) is 5. The van der Waals surface area contributed by atoms with Crippen LogP contribution in [0.4, 0.5) is 13.2 Å². The SMILES string of the molecule is FC(F)(F)Oc1ccc(-c2nc(COc3cccc(Cc4ccc[nH]4)c3)no2)cc1. The summed E-state index contributed by atoms with van der Waals surface area (Å²) in [5, 5.41) is 3.85. The first-order valence-electron chi connectivity index (χ1n) is 8.97. The van der Waals surface area contributed by atoms with Crippen molar-refractivity contribution in [3.05, 3.63) is 83.9 Å². The number of alkyl halides is 3. The van der Waals surface area contributed by atoms with Crippen LogP contribution in [-0.2, 0) is 13.0 Å². The summed E-state index contributed by atoms with van der Waals surface area (Å²) in [6.45, 7) is 0.0880. The summed E-state index contributed by atoms with van der Waals surface area (Å²) < 4.78 is 51.4. The third-order valence-electron chi connectivity index (χ3n) is 4.13. The fraction of sp³-hybridized carbons (Fsp3) is 0.143. The molecule has 2 heterocycles. The molecule has 0 bridgehead atoms. The third kappa shape index (κ3) is 5.19. The Kier molecular flexibility index (Phi) is 5.42. The van der Waals surface area contributed by atoms with Crippen molar-refractivity contribution in [2.45, 2.75) is 19.4 Å². The number of nitrogens with zero attached hydrogens (tertiary/aromatic N) is 2. The highest BCUT2D eigenvalue weighted by Crippen LogP contribution is 2.26. The van der Waals surface area contributed by atoms with Gasteiger partial charge in [0.2, 0.25) is 5.82 Å². The van der Waals surface area contributed by atoms with Crippen LogP contribution in [-0.4, -0.2) is 21.5 Å². The van der Waals surface area contributed by atoms with E-state index in [0.29, 0.717) is 17.1 Å². The summed E-state index contributed by atoms with van der Waals surface area (Å²) in [4.78, 5) is 7.37. The highest BCUT2D eigenvalue weighted by atomic mass is 19.4. The van der Waals surface area contributed by atoms with Gasteiger partial charge in [-0.2, -0.15) is 4.98 Å². The lowest BCUT2D eigenvalue weighted by atomic mass is 10.1. The number of rotatable bonds is 7. The van der Waals surface area contributed by atoms with Gasteiger partial charge in [0.05, 0.1) is 0 Å². The highest BCUT2D eigenvalue weighted by Gasteiger charge is 2.31. The Balaban J connectivity index is 1.37. The molecular weight excluding hydrogens is 399 g/mol. The lowest BCUT2D eigenvalue weighted by Crippen LogP contribution is -2.16. The van der Waals surface area contributed by atoms with Gasteiger partial charge in [-0.05, 0) is 54.1 Å². The zero-order valence-electron chi connectivity index (χ0n) is 15.5. The van der Waals surface area contributed by atoms with Crippen LogP contribution in [0, 0.1) is 0 Å². The van der Waals surface area contributed by atoms with Crippen LogP contribution >= 0.6 is 0 Å². The highest BCUT2D eigenvalue weighted by molar-refractivity contribution is 5.54. The van der Waals surface area contributed by atoms with Crippen molar-refractivity contribution in [3.8, 4) is 23.0 Å². The maximum Gasteiger partial charge on any atom is 0.573 e. The van der Waals surface area contributed by atoms with Crippen molar-refractivity contribution < 1.29 is 27.2 Å². The molecule has 0 aliphatic rings. The van der Waals surface area contributed by atoms with E-state index in [1.165, 1.54) is 24.3 Å². The number of aromatic nitrogens is 3. The molecule has 4 rings (SSSR count). The second-order valence-corrected chi connectivity index (χ2v) is 6.40. The van der Waals surface area contributed by atoms with Gasteiger partial charge in [0.15, 0.2) is 6.61 Å². The van der Waals surface area contributed by atoms with Gasteiger partial charge in [-0.3, -0.25) is 0 Å². The van der Waals surface area contributed by atoms with Crippen LogP contribution < -0.4 is 9.47 Å². The number of ether oxygens (including phenoxy) is 2. The lowest BCUT2D eigenvalue weighted by Gasteiger charge is -2.08. The van der Waals surface area contributed by atoms with E-state index < -0.39 is 6.36 Å². The Morgan fingerprint density at radius 1 is 0.967 bits per heavy atom. The van der Waals surface area contributed by atoms with E-state index in [1.54, 1.807) is 0 Å². The van der Waals surface area contributed by atoms with Crippen molar-refractivity contribution in [2.24, 2.45) is 0 Å². The molecule has 1 N–H and O–H groups in total. The first kappa shape index (κ1) is 19.6. The van der Waals surface area contributed by atoms with Crippen LogP contribution in [0.3, 0.4) is 0 Å². The topological polar surface area (TPSA) is 73.2 Å². The monoisotopic (exact) mass is 415 g/mol. The normalized spacial score (nSPS) is 11.4. The number of hydrogen-bond donors (Lipinski definition) is 1. The van der Waals surface area contributed by atoms with Gasteiger partial charge < -0.3 is 19.0 Å². The molecule has 2 aromatic carbocycles. The summed E-state index contributed by atoms with van der Waals surface area (Å²) in [6.07, 6.45) is -2.11. The van der Waals surface area contributed by atoms with Crippen molar-refractivity contribution in [3.63, 3.8) is 0 Å². The molecule has 0 saturated heterocycles. The maximum absolute atomic E-state index is 12.2. The van der Waals surface area contributed by atoms with E-state index in [1.807, 2.05) is 42.6 Å². The molecule has 9 heteroatoms. The van der Waals surface area contributed by atoms with Gasteiger partial charge in [0, 0.05) is 23.9 Å². The second kappa shape index (κ2) is 8.32. The van der Waals surface area contributed by atoms with Crippen molar-refractivity contribution >= 4 is 0 Å². The molecule has 0 fully saturated rings. The van der Waals surface area contributed by atoms with Crippen molar-refractivity contribution in [2.75, 3.05) is 0 Å². The second-order valence-electron chi connectivity index (χ2n) is 6.40. The minimum absolute atomic E-state index is 0.0880. The number of aromatic amines is 1. The van der Waals surface area contributed by atoms with Crippen LogP contribution in [0.5, 0.6) is 11.5 Å². The Morgan fingerprint density at radius 2 is 1.80 bits per heavy atom. The smallest absolute Gasteiger partial charge is 0.485 e. The lowest BCUT2D eigenvalue weighted by molar-refractivity contribution is -0.274. The first-order chi connectivity index (χ1) is 14.4. The molecule has 0 spiro atoms. The van der Waals surface area contributed by atoms with E-state index in [0.717, 1.165) is 17.7 Å². The molecule has 0 saturated carbocycles. The Hall–Kier alpha value is -3.75. The van der Waals surface area contributed by atoms with Gasteiger partial charge in [0.25, 0.3) is 5.89 Å². The van der Waals surface area contributed by atoms with E-state index >= 15 is 0 Å². The summed E-state index contributed by atoms with van der Waals surface area (Å²) in [5.41, 5.74) is 2.66. The number of H-pyrrole nitrogens is 1. The molecule has 0 aliphatic carbocycles. The quantitative estimate of drug-likeness (QED) is 0.453. The molecule has 154 valence electrons. The predicted molar refractivity (Wildman–Crippen MR) is 101 cm³/mol. The van der Waals surface area contributed by atoms with Gasteiger partial charge >= 0.3 is 6.36 Å². The number of halogens is 3. The standard InChI is InChI=1S/C21H16F3N3O3/c22-21(23,24)29-17-8-6-15(7-9-17)20-26-19(27-30-20)13-28-18-5-1-3-14(12-18)11-16-4-2-10-25-16/h1-10,12,25H,11,13H2. The van der Waals surface area contributed by atoms with Crippen LogP contribution in [0.25, 0.3) is 11.5 Å². The number of benzene rings is 2. The number of nitrogens with one attached hydrogen (secondary N) is 1.